The topological polar surface area (TPSA) is 41.1 Å². The van der Waals surface area contributed by atoms with Crippen molar-refractivity contribution in [2.75, 3.05) is 0 Å². The van der Waals surface area contributed by atoms with Gasteiger partial charge >= 0.3 is 0 Å². The van der Waals surface area contributed by atoms with Crippen molar-refractivity contribution in [2.45, 2.75) is 25.9 Å². The van der Waals surface area contributed by atoms with Crippen molar-refractivity contribution in [3.05, 3.63) is 114 Å². The summed E-state index contributed by atoms with van der Waals surface area (Å²) in [6, 6.07) is 30.1. The molecule has 2 atom stereocenters. The van der Waals surface area contributed by atoms with Crippen LogP contribution in [-0.4, -0.2) is 5.91 Å². The highest BCUT2D eigenvalue weighted by atomic mass is 16.1. The molecule has 0 spiro atoms. The lowest BCUT2D eigenvalue weighted by Gasteiger charge is -2.19. The van der Waals surface area contributed by atoms with Gasteiger partial charge in [-0.25, -0.2) is 0 Å². The number of nitrogens with one attached hydrogen (secondary N) is 2. The second-order valence-corrected chi connectivity index (χ2v) is 6.84. The van der Waals surface area contributed by atoms with Gasteiger partial charge in [0.25, 0.3) is 0 Å². The van der Waals surface area contributed by atoms with Crippen LogP contribution < -0.4 is 10.6 Å². The lowest BCUT2D eigenvalue weighted by molar-refractivity contribution is -0.117. The van der Waals surface area contributed by atoms with Gasteiger partial charge in [0.1, 0.15) is 0 Å². The summed E-state index contributed by atoms with van der Waals surface area (Å²) >= 11 is 0. The van der Waals surface area contributed by atoms with Gasteiger partial charge in [-0.05, 0) is 30.5 Å². The third-order valence-corrected chi connectivity index (χ3v) is 4.69. The average Bonchev–Trinajstić information content (AvgIpc) is 2.75. The second-order valence-electron chi connectivity index (χ2n) is 6.84. The van der Waals surface area contributed by atoms with Gasteiger partial charge in [-0.15, -0.1) is 0 Å². The first-order valence-electron chi connectivity index (χ1n) is 9.57. The van der Waals surface area contributed by atoms with Crippen molar-refractivity contribution < 1.29 is 4.79 Å². The predicted octanol–water partition coefficient (Wildman–Crippen LogP) is 5.26. The Labute approximate surface area is 167 Å². The summed E-state index contributed by atoms with van der Waals surface area (Å²) < 4.78 is 0. The number of hydrogen-bond acceptors (Lipinski definition) is 2. The highest BCUT2D eigenvalue weighted by molar-refractivity contribution is 5.95. The number of carbonyl (C=O) groups is 1. The monoisotopic (exact) mass is 370 g/mol. The molecule has 28 heavy (non-hydrogen) atoms. The zero-order chi connectivity index (χ0) is 19.8. The van der Waals surface area contributed by atoms with E-state index in [1.165, 1.54) is 5.56 Å². The molecular formula is C25H26N2O. The van der Waals surface area contributed by atoms with E-state index in [2.05, 4.69) is 29.7 Å². The molecule has 0 unspecified atom stereocenters. The first-order chi connectivity index (χ1) is 13.6. The van der Waals surface area contributed by atoms with E-state index >= 15 is 0 Å². The van der Waals surface area contributed by atoms with Crippen molar-refractivity contribution >= 4 is 11.6 Å². The Morgan fingerprint density at radius 1 is 0.679 bits per heavy atom. The van der Waals surface area contributed by atoms with E-state index in [0.717, 1.165) is 16.8 Å². The predicted molar refractivity (Wildman–Crippen MR) is 115 cm³/mol. The zero-order valence-corrected chi connectivity index (χ0v) is 16.3. The molecule has 0 aliphatic heterocycles. The number of rotatable bonds is 7. The largest absolute Gasteiger partial charge is 0.378 e. The maximum atomic E-state index is 12.7. The summed E-state index contributed by atoms with van der Waals surface area (Å²) in [6.45, 7) is 4.08. The molecule has 3 rings (SSSR count). The van der Waals surface area contributed by atoms with Gasteiger partial charge in [-0.1, -0.05) is 91.0 Å². The quantitative estimate of drug-likeness (QED) is 0.557. The molecule has 0 aromatic heterocycles. The molecule has 3 aromatic rings. The minimum atomic E-state index is -0.122. The maximum absolute atomic E-state index is 12.7. The first-order valence-corrected chi connectivity index (χ1v) is 9.57. The Hall–Kier alpha value is -3.33. The van der Waals surface area contributed by atoms with Crippen molar-refractivity contribution in [3.8, 4) is 0 Å². The molecular weight excluding hydrogens is 344 g/mol. The summed E-state index contributed by atoms with van der Waals surface area (Å²) in [5, 5.41) is 6.55. The molecule has 0 fully saturated rings. The third-order valence-electron chi connectivity index (χ3n) is 4.69. The molecule has 0 aliphatic rings. The Bertz CT molecular complexity index is 905. The fourth-order valence-electron chi connectivity index (χ4n) is 3.10. The molecule has 3 heteroatoms. The minimum absolute atomic E-state index is 0.0616. The highest BCUT2D eigenvalue weighted by Gasteiger charge is 2.12. The molecule has 0 aliphatic carbocycles. The summed E-state index contributed by atoms with van der Waals surface area (Å²) in [7, 11) is 0. The number of hydrogen-bond donors (Lipinski definition) is 2. The van der Waals surface area contributed by atoms with E-state index in [9.17, 15) is 4.79 Å². The van der Waals surface area contributed by atoms with Crippen LogP contribution in [0, 0.1) is 0 Å². The van der Waals surface area contributed by atoms with Gasteiger partial charge in [0.2, 0.25) is 5.91 Å². The van der Waals surface area contributed by atoms with Gasteiger partial charge < -0.3 is 10.6 Å². The third kappa shape index (κ3) is 5.34. The van der Waals surface area contributed by atoms with Crippen LogP contribution in [0.15, 0.2) is 97.1 Å². The normalized spacial score (nSPS) is 13.4. The van der Waals surface area contributed by atoms with Gasteiger partial charge in [0.05, 0.1) is 6.04 Å². The summed E-state index contributed by atoms with van der Waals surface area (Å²) in [5.41, 5.74) is 4.03. The lowest BCUT2D eigenvalue weighted by Crippen LogP contribution is -2.26. The van der Waals surface area contributed by atoms with Crippen molar-refractivity contribution in [1.29, 1.82) is 0 Å². The van der Waals surface area contributed by atoms with Crippen LogP contribution in [-0.2, 0) is 4.79 Å². The van der Waals surface area contributed by atoms with Crippen LogP contribution in [0.25, 0.3) is 5.70 Å². The molecule has 1 amide bonds. The molecule has 3 nitrogen and oxygen atoms in total. The minimum Gasteiger partial charge on any atom is -0.378 e. The van der Waals surface area contributed by atoms with E-state index in [1.54, 1.807) is 6.08 Å². The number of amides is 1. The van der Waals surface area contributed by atoms with Crippen LogP contribution in [0.4, 0.5) is 0 Å². The summed E-state index contributed by atoms with van der Waals surface area (Å²) in [5.74, 6) is -0.122. The van der Waals surface area contributed by atoms with Gasteiger partial charge in [-0.2, -0.15) is 0 Å². The van der Waals surface area contributed by atoms with Gasteiger partial charge in [0, 0.05) is 17.8 Å². The Morgan fingerprint density at radius 3 is 1.61 bits per heavy atom. The smallest absolute Gasteiger partial charge is 0.246 e. The fraction of sp³-hybridized carbons (Fsp3) is 0.160. The van der Waals surface area contributed by atoms with Crippen molar-refractivity contribution in [1.82, 2.24) is 10.6 Å². The Morgan fingerprint density at radius 2 is 1.11 bits per heavy atom. The van der Waals surface area contributed by atoms with E-state index < -0.39 is 0 Å². The standard InChI is InChI=1S/C25H26N2O/c1-19(21-12-6-3-7-13-21)26-24(23-16-10-5-11-17-23)18-25(28)27-20(2)22-14-8-4-9-15-22/h3-20,26H,1-2H3,(H,27,28)/b24-18-/t19-,20-/m0/s1. The number of carbonyl (C=O) groups excluding carboxylic acids is 1. The van der Waals surface area contributed by atoms with E-state index in [1.807, 2.05) is 85.8 Å². The molecule has 0 saturated heterocycles. The molecule has 2 N–H and O–H groups in total. The van der Waals surface area contributed by atoms with E-state index in [4.69, 9.17) is 0 Å². The maximum Gasteiger partial charge on any atom is 0.246 e. The first kappa shape index (κ1) is 19.4. The van der Waals surface area contributed by atoms with Crippen LogP contribution >= 0.6 is 0 Å². The molecule has 3 aromatic carbocycles. The van der Waals surface area contributed by atoms with Crippen molar-refractivity contribution in [3.63, 3.8) is 0 Å². The molecule has 0 saturated carbocycles. The molecule has 0 bridgehead atoms. The summed E-state index contributed by atoms with van der Waals surface area (Å²) in [4.78, 5) is 12.7. The van der Waals surface area contributed by atoms with Crippen molar-refractivity contribution in [2.24, 2.45) is 0 Å². The molecule has 0 radical (unpaired) electrons. The van der Waals surface area contributed by atoms with Crippen LogP contribution in [0.1, 0.15) is 42.6 Å². The van der Waals surface area contributed by atoms with Crippen LogP contribution in [0.3, 0.4) is 0 Å². The van der Waals surface area contributed by atoms with E-state index in [0.29, 0.717) is 0 Å². The zero-order valence-electron chi connectivity index (χ0n) is 16.3. The van der Waals surface area contributed by atoms with Gasteiger partial charge in [0.15, 0.2) is 0 Å². The second kappa shape index (κ2) is 9.56. The van der Waals surface area contributed by atoms with Crippen LogP contribution in [0.5, 0.6) is 0 Å². The Balaban J connectivity index is 1.79. The van der Waals surface area contributed by atoms with Gasteiger partial charge in [-0.3, -0.25) is 4.79 Å². The molecule has 0 heterocycles. The van der Waals surface area contributed by atoms with E-state index in [-0.39, 0.29) is 18.0 Å². The number of benzene rings is 3. The fourth-order valence-corrected chi connectivity index (χ4v) is 3.10. The highest BCUT2D eigenvalue weighted by Crippen LogP contribution is 2.19. The SMILES string of the molecule is C[C@H](NC(=O)/C=C(\N[C@@H](C)c1ccccc1)c1ccccc1)c1ccccc1. The lowest BCUT2D eigenvalue weighted by atomic mass is 10.1. The summed E-state index contributed by atoms with van der Waals surface area (Å²) in [6.07, 6.45) is 1.65. The Kier molecular flexibility index (Phi) is 6.64. The average molecular weight is 370 g/mol. The molecule has 142 valence electrons. The van der Waals surface area contributed by atoms with Crippen LogP contribution in [0.2, 0.25) is 0 Å².